The lowest BCUT2D eigenvalue weighted by molar-refractivity contribution is 0.666. The lowest BCUT2D eigenvalue weighted by Crippen LogP contribution is -2.15. The molecule has 0 amide bonds. The molecule has 0 bridgehead atoms. The zero-order valence-corrected chi connectivity index (χ0v) is 31.9. The summed E-state index contributed by atoms with van der Waals surface area (Å²) in [5, 5.41) is 7.39. The summed E-state index contributed by atoms with van der Waals surface area (Å²) >= 11 is 0. The molecule has 0 saturated heterocycles. The van der Waals surface area contributed by atoms with E-state index in [0.29, 0.717) is 5.82 Å². The summed E-state index contributed by atoms with van der Waals surface area (Å²) in [4.78, 5) is 10.4. The van der Waals surface area contributed by atoms with Crippen molar-refractivity contribution in [3.8, 4) is 67.3 Å². The van der Waals surface area contributed by atoms with Crippen molar-refractivity contribution < 1.29 is 0 Å². The molecule has 0 N–H and O–H groups in total. The molecule has 1 aliphatic carbocycles. The maximum absolute atomic E-state index is 5.23. The Bertz CT molecular complexity index is 3210. The van der Waals surface area contributed by atoms with Crippen LogP contribution in [0.1, 0.15) is 25.0 Å². The molecule has 2 heteroatoms. The Balaban J connectivity index is 1.02. The second kappa shape index (κ2) is 13.0. The number of aromatic nitrogens is 2. The topological polar surface area (TPSA) is 25.8 Å². The van der Waals surface area contributed by atoms with E-state index in [0.717, 1.165) is 33.5 Å². The van der Waals surface area contributed by atoms with E-state index in [1.165, 1.54) is 71.4 Å². The molecule has 0 radical (unpaired) electrons. The minimum absolute atomic E-state index is 0.0751. The number of hydrogen-bond donors (Lipinski definition) is 0. The summed E-state index contributed by atoms with van der Waals surface area (Å²) in [5.74, 6) is 0.714. The smallest absolute Gasteiger partial charge is 0.160 e. The van der Waals surface area contributed by atoms with Gasteiger partial charge < -0.3 is 0 Å². The van der Waals surface area contributed by atoms with Crippen LogP contribution in [0.25, 0.3) is 99.6 Å². The molecule has 1 heterocycles. The first-order valence-electron chi connectivity index (χ1n) is 19.7. The van der Waals surface area contributed by atoms with Crippen LogP contribution in [0.5, 0.6) is 0 Å². The summed E-state index contributed by atoms with van der Waals surface area (Å²) in [6.07, 6.45) is 0. The van der Waals surface area contributed by atoms with Gasteiger partial charge in [-0.2, -0.15) is 0 Å². The van der Waals surface area contributed by atoms with E-state index in [-0.39, 0.29) is 5.41 Å². The molecular formula is C55H38N2. The van der Waals surface area contributed by atoms with Crippen LogP contribution >= 0.6 is 0 Å². The van der Waals surface area contributed by atoms with Gasteiger partial charge in [-0.3, -0.25) is 0 Å². The fourth-order valence-corrected chi connectivity index (χ4v) is 9.23. The number of fused-ring (bicyclic) bond motifs is 7. The molecule has 0 atom stereocenters. The molecular weight excluding hydrogens is 689 g/mol. The van der Waals surface area contributed by atoms with Crippen molar-refractivity contribution in [2.45, 2.75) is 19.3 Å². The van der Waals surface area contributed by atoms with Gasteiger partial charge >= 0.3 is 0 Å². The molecule has 10 aromatic rings. The van der Waals surface area contributed by atoms with Gasteiger partial charge in [-0.05, 0) is 101 Å². The molecule has 0 saturated carbocycles. The highest BCUT2D eigenvalue weighted by atomic mass is 14.9. The molecule has 1 aliphatic rings. The second-order valence-electron chi connectivity index (χ2n) is 15.8. The zero-order chi connectivity index (χ0) is 38.1. The minimum Gasteiger partial charge on any atom is -0.228 e. The normalized spacial score (nSPS) is 12.9. The highest BCUT2D eigenvalue weighted by Crippen LogP contribution is 2.52. The lowest BCUT2D eigenvalue weighted by atomic mass is 9.80. The average molecular weight is 727 g/mol. The van der Waals surface area contributed by atoms with E-state index in [4.69, 9.17) is 9.97 Å². The maximum Gasteiger partial charge on any atom is 0.160 e. The number of rotatable bonds is 5. The van der Waals surface area contributed by atoms with Gasteiger partial charge in [0.2, 0.25) is 0 Å². The largest absolute Gasteiger partial charge is 0.228 e. The Morgan fingerprint density at radius 3 is 1.77 bits per heavy atom. The first kappa shape index (κ1) is 33.2. The van der Waals surface area contributed by atoms with Gasteiger partial charge in [0.25, 0.3) is 0 Å². The summed E-state index contributed by atoms with van der Waals surface area (Å²) < 4.78 is 0. The second-order valence-corrected chi connectivity index (χ2v) is 15.8. The van der Waals surface area contributed by atoms with Crippen molar-refractivity contribution in [3.05, 3.63) is 205 Å². The Kier molecular flexibility index (Phi) is 7.55. The van der Waals surface area contributed by atoms with Gasteiger partial charge in [0.15, 0.2) is 5.82 Å². The molecule has 11 rings (SSSR count). The minimum atomic E-state index is -0.0751. The highest BCUT2D eigenvalue weighted by Gasteiger charge is 2.37. The molecule has 0 unspecified atom stereocenters. The molecule has 0 spiro atoms. The third kappa shape index (κ3) is 5.48. The van der Waals surface area contributed by atoms with Crippen molar-refractivity contribution >= 4 is 32.3 Å². The fourth-order valence-electron chi connectivity index (χ4n) is 9.23. The predicted octanol–water partition coefficient (Wildman–Crippen LogP) is 14.6. The highest BCUT2D eigenvalue weighted by molar-refractivity contribution is 6.05. The van der Waals surface area contributed by atoms with Gasteiger partial charge in [0.1, 0.15) is 0 Å². The molecule has 1 aromatic heterocycles. The molecule has 0 fully saturated rings. The SMILES string of the molecule is CC1(C)c2ccc(-c3cccc(-c4ccc(-c5cc(-c6ccc7ccccc7c6)nc(-c6ccccc6)n5)c5ccccc45)c3)cc2-c2ccc3ccccc3c21. The van der Waals surface area contributed by atoms with Crippen LogP contribution in [0.2, 0.25) is 0 Å². The van der Waals surface area contributed by atoms with Crippen molar-refractivity contribution in [2.24, 2.45) is 0 Å². The zero-order valence-electron chi connectivity index (χ0n) is 31.9. The van der Waals surface area contributed by atoms with Gasteiger partial charge in [0, 0.05) is 22.1 Å². The van der Waals surface area contributed by atoms with Gasteiger partial charge in [-0.15, -0.1) is 0 Å². The molecule has 57 heavy (non-hydrogen) atoms. The summed E-state index contributed by atoms with van der Waals surface area (Å²) in [5.41, 5.74) is 15.2. The van der Waals surface area contributed by atoms with Gasteiger partial charge in [0.05, 0.1) is 11.4 Å². The predicted molar refractivity (Wildman–Crippen MR) is 239 cm³/mol. The Hall–Kier alpha value is -7.16. The van der Waals surface area contributed by atoms with Crippen LogP contribution in [0.3, 0.4) is 0 Å². The van der Waals surface area contributed by atoms with Crippen molar-refractivity contribution in [2.75, 3.05) is 0 Å². The van der Waals surface area contributed by atoms with E-state index in [1.54, 1.807) is 0 Å². The Morgan fingerprint density at radius 2 is 0.930 bits per heavy atom. The number of nitrogens with zero attached hydrogens (tertiary/aromatic N) is 2. The van der Waals surface area contributed by atoms with Crippen molar-refractivity contribution in [1.29, 1.82) is 0 Å². The van der Waals surface area contributed by atoms with E-state index >= 15 is 0 Å². The number of benzene rings is 9. The van der Waals surface area contributed by atoms with Crippen LogP contribution < -0.4 is 0 Å². The van der Waals surface area contributed by atoms with Crippen LogP contribution in [-0.4, -0.2) is 9.97 Å². The third-order valence-corrected chi connectivity index (χ3v) is 12.0. The molecule has 0 aliphatic heterocycles. The maximum atomic E-state index is 5.23. The van der Waals surface area contributed by atoms with E-state index in [9.17, 15) is 0 Å². The molecule has 268 valence electrons. The monoisotopic (exact) mass is 726 g/mol. The van der Waals surface area contributed by atoms with E-state index in [2.05, 4.69) is 190 Å². The van der Waals surface area contributed by atoms with Gasteiger partial charge in [-0.25, -0.2) is 9.97 Å². The van der Waals surface area contributed by atoms with Crippen LogP contribution in [-0.2, 0) is 5.41 Å². The quantitative estimate of drug-likeness (QED) is 0.176. The first-order chi connectivity index (χ1) is 28.0. The fraction of sp³-hybridized carbons (Fsp3) is 0.0545. The summed E-state index contributed by atoms with van der Waals surface area (Å²) in [6.45, 7) is 4.74. The average Bonchev–Trinajstić information content (AvgIpc) is 3.51. The van der Waals surface area contributed by atoms with Crippen LogP contribution in [0.15, 0.2) is 194 Å². The standard InChI is InChI=1S/C55H38N2/c1-55(2)50-30-26-40(33-49(50)48-27-25-36-14-8-9-20-44(36)53(48)55)39-18-12-19-41(31-39)43-28-29-47(46-22-11-10-21-45(43)46)52-34-51(56-54(57-52)37-15-4-3-5-16-37)42-24-23-35-13-6-7-17-38(35)32-42/h3-34H,1-2H3. The Labute approximate surface area is 332 Å². The lowest BCUT2D eigenvalue weighted by Gasteiger charge is -2.23. The van der Waals surface area contributed by atoms with E-state index < -0.39 is 0 Å². The summed E-state index contributed by atoms with van der Waals surface area (Å²) in [7, 11) is 0. The first-order valence-corrected chi connectivity index (χ1v) is 19.7. The molecule has 9 aromatic carbocycles. The van der Waals surface area contributed by atoms with Gasteiger partial charge in [-0.1, -0.05) is 184 Å². The summed E-state index contributed by atoms with van der Waals surface area (Å²) in [6, 6.07) is 70.2. The van der Waals surface area contributed by atoms with Crippen molar-refractivity contribution in [3.63, 3.8) is 0 Å². The Morgan fingerprint density at radius 1 is 0.333 bits per heavy atom. The van der Waals surface area contributed by atoms with Crippen LogP contribution in [0, 0.1) is 0 Å². The third-order valence-electron chi connectivity index (χ3n) is 12.0. The number of hydrogen-bond acceptors (Lipinski definition) is 2. The van der Waals surface area contributed by atoms with Crippen LogP contribution in [0.4, 0.5) is 0 Å². The molecule has 2 nitrogen and oxygen atoms in total. The van der Waals surface area contributed by atoms with E-state index in [1.807, 2.05) is 18.2 Å². The van der Waals surface area contributed by atoms with Crippen molar-refractivity contribution in [1.82, 2.24) is 9.97 Å².